The molecule has 0 saturated heterocycles. The van der Waals surface area contributed by atoms with Gasteiger partial charge in [0.25, 0.3) is 0 Å². The van der Waals surface area contributed by atoms with Crippen molar-refractivity contribution >= 4 is 5.71 Å². The summed E-state index contributed by atoms with van der Waals surface area (Å²) in [4.78, 5) is 4.34. The fourth-order valence-electron chi connectivity index (χ4n) is 1.35. The molecular weight excluding hydrogens is 235 g/mol. The number of hydrogen-bond acceptors (Lipinski definition) is 1. The monoisotopic (exact) mass is 246 g/mol. The van der Waals surface area contributed by atoms with E-state index in [2.05, 4.69) is 35.3 Å². The Morgan fingerprint density at radius 3 is 2.46 bits per heavy atom. The zero-order valence-corrected chi connectivity index (χ0v) is 10.3. The Balaban J connectivity index is 0.000000845. The van der Waals surface area contributed by atoms with Crippen LogP contribution in [-0.2, 0) is 32.7 Å². The SMILES string of the molecule is C1=CN=C(c2ccccc2)CC1.[Y]. The Morgan fingerprint density at radius 1 is 1.08 bits per heavy atom. The van der Waals surface area contributed by atoms with E-state index in [1.165, 1.54) is 11.3 Å². The van der Waals surface area contributed by atoms with Crippen LogP contribution >= 0.6 is 0 Å². The summed E-state index contributed by atoms with van der Waals surface area (Å²) in [6.07, 6.45) is 6.19. The molecule has 0 aliphatic carbocycles. The minimum Gasteiger partial charge on any atom is -0.261 e. The largest absolute Gasteiger partial charge is 0.261 e. The first-order chi connectivity index (χ1) is 5.97. The first-order valence-electron chi connectivity index (χ1n) is 4.24. The molecule has 0 amide bonds. The van der Waals surface area contributed by atoms with Crippen LogP contribution < -0.4 is 0 Å². The summed E-state index contributed by atoms with van der Waals surface area (Å²) < 4.78 is 0. The summed E-state index contributed by atoms with van der Waals surface area (Å²) in [7, 11) is 0. The molecule has 1 aromatic rings. The Morgan fingerprint density at radius 2 is 1.85 bits per heavy atom. The quantitative estimate of drug-likeness (QED) is 0.722. The van der Waals surface area contributed by atoms with Gasteiger partial charge in [-0.15, -0.1) is 0 Å². The molecule has 0 saturated carbocycles. The molecule has 1 radical (unpaired) electrons. The Bertz CT molecular complexity index is 314. The maximum atomic E-state index is 4.34. The van der Waals surface area contributed by atoms with Gasteiger partial charge in [0.15, 0.2) is 0 Å². The fraction of sp³-hybridized carbons (Fsp3) is 0.182. The van der Waals surface area contributed by atoms with Crippen LogP contribution in [0, 0.1) is 0 Å². The van der Waals surface area contributed by atoms with Gasteiger partial charge in [0, 0.05) is 44.6 Å². The first-order valence-corrected chi connectivity index (χ1v) is 4.24. The maximum absolute atomic E-state index is 4.34. The molecular formula is C11H11NY. The van der Waals surface area contributed by atoms with E-state index in [9.17, 15) is 0 Å². The molecule has 0 aromatic heterocycles. The Kier molecular flexibility index (Phi) is 4.54. The molecule has 2 heteroatoms. The van der Waals surface area contributed by atoms with Gasteiger partial charge in [0.2, 0.25) is 0 Å². The van der Waals surface area contributed by atoms with Gasteiger partial charge < -0.3 is 0 Å². The number of allylic oxidation sites excluding steroid dienone is 1. The molecule has 0 atom stereocenters. The standard InChI is InChI=1S/C11H11N.Y/c1-2-6-10(7-3-1)11-8-4-5-9-12-11;/h1-3,5-7,9H,4,8H2;. The average Bonchev–Trinajstić information content (AvgIpc) is 2.21. The van der Waals surface area contributed by atoms with E-state index < -0.39 is 0 Å². The van der Waals surface area contributed by atoms with Crippen LogP contribution in [0.1, 0.15) is 18.4 Å². The van der Waals surface area contributed by atoms with Crippen LogP contribution in [0.25, 0.3) is 0 Å². The van der Waals surface area contributed by atoms with Gasteiger partial charge in [-0.25, -0.2) is 0 Å². The number of nitrogens with zero attached hydrogens (tertiary/aromatic N) is 1. The van der Waals surface area contributed by atoms with E-state index in [1.54, 1.807) is 0 Å². The maximum Gasteiger partial charge on any atom is 0.0478 e. The number of hydrogen-bond donors (Lipinski definition) is 0. The third kappa shape index (κ3) is 2.85. The number of rotatable bonds is 1. The zero-order chi connectivity index (χ0) is 8.23. The summed E-state index contributed by atoms with van der Waals surface area (Å²) in [5, 5.41) is 0. The second-order valence-electron chi connectivity index (χ2n) is 2.87. The van der Waals surface area contributed by atoms with Crippen LogP contribution in [0.5, 0.6) is 0 Å². The smallest absolute Gasteiger partial charge is 0.0478 e. The molecule has 13 heavy (non-hydrogen) atoms. The molecule has 0 bridgehead atoms. The van der Waals surface area contributed by atoms with Crippen molar-refractivity contribution in [1.82, 2.24) is 0 Å². The molecule has 1 heterocycles. The van der Waals surface area contributed by atoms with E-state index >= 15 is 0 Å². The van der Waals surface area contributed by atoms with E-state index in [4.69, 9.17) is 0 Å². The van der Waals surface area contributed by atoms with Crippen molar-refractivity contribution in [3.05, 3.63) is 48.2 Å². The summed E-state index contributed by atoms with van der Waals surface area (Å²) >= 11 is 0. The molecule has 0 unspecified atom stereocenters. The summed E-state index contributed by atoms with van der Waals surface area (Å²) in [5.41, 5.74) is 2.46. The second-order valence-corrected chi connectivity index (χ2v) is 2.87. The molecule has 2 rings (SSSR count). The van der Waals surface area contributed by atoms with Crippen molar-refractivity contribution in [2.45, 2.75) is 12.8 Å². The average molecular weight is 246 g/mol. The minimum absolute atomic E-state index is 0. The third-order valence-corrected chi connectivity index (χ3v) is 1.99. The van der Waals surface area contributed by atoms with Crippen molar-refractivity contribution in [1.29, 1.82) is 0 Å². The number of aliphatic imine (C=N–C) groups is 1. The molecule has 0 fully saturated rings. The zero-order valence-electron chi connectivity index (χ0n) is 7.48. The third-order valence-electron chi connectivity index (χ3n) is 1.99. The van der Waals surface area contributed by atoms with Gasteiger partial charge in [-0.1, -0.05) is 36.4 Å². The van der Waals surface area contributed by atoms with Gasteiger partial charge in [-0.3, -0.25) is 4.99 Å². The van der Waals surface area contributed by atoms with Crippen LogP contribution in [0.4, 0.5) is 0 Å². The van der Waals surface area contributed by atoms with Crippen LogP contribution in [0.15, 0.2) is 47.6 Å². The van der Waals surface area contributed by atoms with Gasteiger partial charge in [-0.05, 0) is 18.4 Å². The first kappa shape index (κ1) is 10.8. The fourth-order valence-corrected chi connectivity index (χ4v) is 1.35. The van der Waals surface area contributed by atoms with Crippen LogP contribution in [0.3, 0.4) is 0 Å². The number of benzene rings is 1. The van der Waals surface area contributed by atoms with E-state index in [-0.39, 0.29) is 32.7 Å². The minimum atomic E-state index is 0. The Labute approximate surface area is 104 Å². The predicted molar refractivity (Wildman–Crippen MR) is 51.4 cm³/mol. The summed E-state index contributed by atoms with van der Waals surface area (Å²) in [6.45, 7) is 0. The molecule has 63 valence electrons. The van der Waals surface area contributed by atoms with Crippen molar-refractivity contribution in [3.8, 4) is 0 Å². The van der Waals surface area contributed by atoms with Crippen molar-refractivity contribution < 1.29 is 32.7 Å². The van der Waals surface area contributed by atoms with Gasteiger partial charge >= 0.3 is 0 Å². The van der Waals surface area contributed by atoms with Crippen molar-refractivity contribution in [2.75, 3.05) is 0 Å². The molecule has 1 aliphatic heterocycles. The molecule has 0 N–H and O–H groups in total. The second kappa shape index (κ2) is 5.46. The van der Waals surface area contributed by atoms with Gasteiger partial charge in [0.1, 0.15) is 0 Å². The Hall–Kier alpha value is -0.266. The predicted octanol–water partition coefficient (Wildman–Crippen LogP) is 2.78. The van der Waals surface area contributed by atoms with Crippen LogP contribution in [-0.4, -0.2) is 5.71 Å². The van der Waals surface area contributed by atoms with E-state index in [0.29, 0.717) is 0 Å². The molecule has 1 aromatic carbocycles. The van der Waals surface area contributed by atoms with E-state index in [1.807, 2.05) is 12.3 Å². The van der Waals surface area contributed by atoms with Gasteiger partial charge in [0.05, 0.1) is 0 Å². The van der Waals surface area contributed by atoms with Crippen molar-refractivity contribution in [3.63, 3.8) is 0 Å². The van der Waals surface area contributed by atoms with E-state index in [0.717, 1.165) is 12.8 Å². The molecule has 0 spiro atoms. The molecule has 1 aliphatic rings. The van der Waals surface area contributed by atoms with Gasteiger partial charge in [-0.2, -0.15) is 0 Å². The van der Waals surface area contributed by atoms with Crippen molar-refractivity contribution in [2.24, 2.45) is 4.99 Å². The summed E-state index contributed by atoms with van der Waals surface area (Å²) in [5.74, 6) is 0. The topological polar surface area (TPSA) is 12.4 Å². The molecule has 1 nitrogen and oxygen atoms in total. The normalized spacial score (nSPS) is 14.6. The summed E-state index contributed by atoms with van der Waals surface area (Å²) in [6, 6.07) is 10.4. The van der Waals surface area contributed by atoms with Crippen LogP contribution in [0.2, 0.25) is 0 Å².